The molecule has 0 aromatic rings. The first kappa shape index (κ1) is 6.99. The Morgan fingerprint density at radius 3 is 2.44 bits per heavy atom. The largest absolute Gasteiger partial charge is 0.388 e. The summed E-state index contributed by atoms with van der Waals surface area (Å²) in [7, 11) is 0. The summed E-state index contributed by atoms with van der Waals surface area (Å²) >= 11 is 0. The summed E-state index contributed by atoms with van der Waals surface area (Å²) in [6.45, 7) is 1.88. The Labute approximate surface area is 54.3 Å². The zero-order valence-corrected chi connectivity index (χ0v) is 5.45. The van der Waals surface area contributed by atoms with Gasteiger partial charge < -0.3 is 14.9 Å². The van der Waals surface area contributed by atoms with E-state index in [4.69, 9.17) is 14.9 Å². The molecule has 0 aliphatic carbocycles. The fourth-order valence-corrected chi connectivity index (χ4v) is 0.945. The molecule has 1 saturated heterocycles. The van der Waals surface area contributed by atoms with Crippen LogP contribution in [0.2, 0.25) is 0 Å². The van der Waals surface area contributed by atoms with Gasteiger partial charge in [-0.3, -0.25) is 0 Å². The summed E-state index contributed by atoms with van der Waals surface area (Å²) in [6.07, 6.45) is -0.0843. The third-order valence-corrected chi connectivity index (χ3v) is 1.57. The standard InChI is InChI=1S/C6H12O3/c1-4-2-3-5(7)6(8)9-4/h4-8H,2-3H2,1H3/t4-,5+,6+/m1/s1. The van der Waals surface area contributed by atoms with Crippen molar-refractivity contribution in [1.82, 2.24) is 0 Å². The smallest absolute Gasteiger partial charge is 0.181 e. The molecule has 0 amide bonds. The normalized spacial score (nSPS) is 45.0. The molecule has 1 fully saturated rings. The predicted octanol–water partition coefficient (Wildman–Crippen LogP) is -0.135. The Hall–Kier alpha value is -0.120. The number of rotatable bonds is 0. The minimum absolute atomic E-state index is 0.0865. The molecule has 0 aromatic heterocycles. The molecule has 1 aliphatic rings. The lowest BCUT2D eigenvalue weighted by molar-refractivity contribution is -0.210. The fourth-order valence-electron chi connectivity index (χ4n) is 0.945. The average Bonchev–Trinajstić information content (AvgIpc) is 1.80. The highest BCUT2D eigenvalue weighted by atomic mass is 16.6. The van der Waals surface area contributed by atoms with Gasteiger partial charge in [-0.25, -0.2) is 0 Å². The molecule has 3 heteroatoms. The van der Waals surface area contributed by atoms with Crippen LogP contribution in [0.5, 0.6) is 0 Å². The lowest BCUT2D eigenvalue weighted by Crippen LogP contribution is -2.37. The van der Waals surface area contributed by atoms with Crippen molar-refractivity contribution < 1.29 is 14.9 Å². The molecule has 0 spiro atoms. The molecule has 9 heavy (non-hydrogen) atoms. The van der Waals surface area contributed by atoms with E-state index >= 15 is 0 Å². The van der Waals surface area contributed by atoms with E-state index in [1.54, 1.807) is 0 Å². The van der Waals surface area contributed by atoms with Crippen LogP contribution < -0.4 is 0 Å². The quantitative estimate of drug-likeness (QED) is 0.482. The highest BCUT2D eigenvalue weighted by Crippen LogP contribution is 2.16. The molecule has 3 nitrogen and oxygen atoms in total. The third kappa shape index (κ3) is 1.64. The predicted molar refractivity (Wildman–Crippen MR) is 31.8 cm³/mol. The van der Waals surface area contributed by atoms with Gasteiger partial charge in [-0.1, -0.05) is 0 Å². The fraction of sp³-hybridized carbons (Fsp3) is 1.00. The van der Waals surface area contributed by atoms with Gasteiger partial charge in [0.25, 0.3) is 0 Å². The van der Waals surface area contributed by atoms with Gasteiger partial charge in [-0.2, -0.15) is 0 Å². The lowest BCUT2D eigenvalue weighted by Gasteiger charge is -2.28. The van der Waals surface area contributed by atoms with Crippen LogP contribution in [-0.2, 0) is 4.74 Å². The second-order valence-electron chi connectivity index (χ2n) is 2.48. The van der Waals surface area contributed by atoms with Crippen LogP contribution in [0, 0.1) is 0 Å². The van der Waals surface area contributed by atoms with Crippen LogP contribution in [-0.4, -0.2) is 28.7 Å². The van der Waals surface area contributed by atoms with E-state index in [0.29, 0.717) is 6.42 Å². The number of hydrogen-bond donors (Lipinski definition) is 2. The Morgan fingerprint density at radius 1 is 1.33 bits per heavy atom. The van der Waals surface area contributed by atoms with Crippen LogP contribution in [0.25, 0.3) is 0 Å². The Bertz CT molecular complexity index is 94.3. The van der Waals surface area contributed by atoms with E-state index in [0.717, 1.165) is 6.42 Å². The number of ether oxygens (including phenoxy) is 1. The lowest BCUT2D eigenvalue weighted by atomic mass is 10.1. The first-order chi connectivity index (χ1) is 4.20. The van der Waals surface area contributed by atoms with E-state index in [-0.39, 0.29) is 6.10 Å². The first-order valence-electron chi connectivity index (χ1n) is 3.21. The van der Waals surface area contributed by atoms with Crippen LogP contribution in [0.1, 0.15) is 19.8 Å². The molecule has 1 aliphatic heterocycles. The zero-order valence-electron chi connectivity index (χ0n) is 5.45. The summed E-state index contributed by atoms with van der Waals surface area (Å²) in [5.41, 5.74) is 0. The minimum Gasteiger partial charge on any atom is -0.388 e. The Kier molecular flexibility index (Phi) is 2.05. The minimum atomic E-state index is -0.964. The number of aliphatic hydroxyl groups excluding tert-OH is 2. The van der Waals surface area contributed by atoms with Gasteiger partial charge in [-0.15, -0.1) is 0 Å². The van der Waals surface area contributed by atoms with Crippen LogP contribution >= 0.6 is 0 Å². The van der Waals surface area contributed by atoms with E-state index in [1.165, 1.54) is 0 Å². The van der Waals surface area contributed by atoms with Crippen LogP contribution in [0.15, 0.2) is 0 Å². The van der Waals surface area contributed by atoms with Crippen molar-refractivity contribution in [1.29, 1.82) is 0 Å². The highest BCUT2D eigenvalue weighted by Gasteiger charge is 2.24. The molecule has 1 heterocycles. The van der Waals surface area contributed by atoms with Crippen LogP contribution in [0.4, 0.5) is 0 Å². The van der Waals surface area contributed by atoms with Crippen molar-refractivity contribution in [2.24, 2.45) is 0 Å². The molecule has 0 aromatic carbocycles. The van der Waals surface area contributed by atoms with Gasteiger partial charge in [0.2, 0.25) is 0 Å². The van der Waals surface area contributed by atoms with Crippen LogP contribution in [0.3, 0.4) is 0 Å². The average molecular weight is 132 g/mol. The Morgan fingerprint density at radius 2 is 2.00 bits per heavy atom. The Balaban J connectivity index is 2.35. The summed E-state index contributed by atoms with van der Waals surface area (Å²) in [6, 6.07) is 0. The molecule has 0 radical (unpaired) electrons. The molecule has 0 unspecified atom stereocenters. The molecule has 3 atom stereocenters. The van der Waals surface area contributed by atoms with Gasteiger partial charge in [0, 0.05) is 0 Å². The van der Waals surface area contributed by atoms with Gasteiger partial charge in [0.1, 0.15) is 6.10 Å². The molecule has 0 bridgehead atoms. The van der Waals surface area contributed by atoms with Gasteiger partial charge in [0.05, 0.1) is 6.10 Å². The highest BCUT2D eigenvalue weighted by molar-refractivity contribution is 4.68. The second-order valence-corrected chi connectivity index (χ2v) is 2.48. The van der Waals surface area contributed by atoms with Gasteiger partial charge in [-0.05, 0) is 19.8 Å². The SMILES string of the molecule is C[C@@H]1CC[C@H](O)[C@@H](O)O1. The molecule has 54 valence electrons. The van der Waals surface area contributed by atoms with Crippen molar-refractivity contribution in [3.63, 3.8) is 0 Å². The second kappa shape index (κ2) is 2.64. The molecule has 1 rings (SSSR count). The van der Waals surface area contributed by atoms with Crippen molar-refractivity contribution in [2.45, 2.75) is 38.3 Å². The number of aliphatic hydroxyl groups is 2. The van der Waals surface area contributed by atoms with Crippen molar-refractivity contribution in [2.75, 3.05) is 0 Å². The van der Waals surface area contributed by atoms with E-state index in [9.17, 15) is 0 Å². The molecular weight excluding hydrogens is 120 g/mol. The maximum Gasteiger partial charge on any atom is 0.181 e. The maximum absolute atomic E-state index is 8.92. The number of hydrogen-bond acceptors (Lipinski definition) is 3. The zero-order chi connectivity index (χ0) is 6.85. The summed E-state index contributed by atoms with van der Waals surface area (Å²) in [4.78, 5) is 0. The maximum atomic E-state index is 8.92. The van der Waals surface area contributed by atoms with Gasteiger partial charge in [0.15, 0.2) is 6.29 Å². The van der Waals surface area contributed by atoms with Crippen molar-refractivity contribution in [3.8, 4) is 0 Å². The summed E-state index contributed by atoms with van der Waals surface area (Å²) in [5, 5.41) is 17.8. The third-order valence-electron chi connectivity index (χ3n) is 1.57. The molecule has 2 N–H and O–H groups in total. The van der Waals surface area contributed by atoms with Crippen molar-refractivity contribution >= 4 is 0 Å². The first-order valence-corrected chi connectivity index (χ1v) is 3.21. The summed E-state index contributed by atoms with van der Waals surface area (Å²) in [5.74, 6) is 0. The van der Waals surface area contributed by atoms with E-state index < -0.39 is 12.4 Å². The molecule has 0 saturated carbocycles. The van der Waals surface area contributed by atoms with E-state index in [2.05, 4.69) is 0 Å². The van der Waals surface area contributed by atoms with Gasteiger partial charge >= 0.3 is 0 Å². The summed E-state index contributed by atoms with van der Waals surface area (Å²) < 4.78 is 4.90. The van der Waals surface area contributed by atoms with E-state index in [1.807, 2.05) is 6.92 Å². The molecular formula is C6H12O3. The van der Waals surface area contributed by atoms with Crippen molar-refractivity contribution in [3.05, 3.63) is 0 Å². The topological polar surface area (TPSA) is 49.7 Å². The monoisotopic (exact) mass is 132 g/mol.